The summed E-state index contributed by atoms with van der Waals surface area (Å²) >= 11 is 0. The summed E-state index contributed by atoms with van der Waals surface area (Å²) in [5.41, 5.74) is 2.03. The highest BCUT2D eigenvalue weighted by atomic mass is 28.3. The number of carbonyl (C=O) groups is 2. The van der Waals surface area contributed by atoms with Gasteiger partial charge in [-0.3, -0.25) is 14.5 Å². The number of aromatic nitrogens is 1. The first-order chi connectivity index (χ1) is 18.7. The molecule has 1 N–H and O–H groups in total. The summed E-state index contributed by atoms with van der Waals surface area (Å²) in [7, 11) is -1.30. The summed E-state index contributed by atoms with van der Waals surface area (Å²) < 4.78 is 37.2. The number of aliphatic hydroxyl groups is 1. The molecule has 2 aliphatic heterocycles. The van der Waals surface area contributed by atoms with Gasteiger partial charge < -0.3 is 24.1 Å². The van der Waals surface area contributed by atoms with Crippen molar-refractivity contribution in [2.75, 3.05) is 33.3 Å². The Bertz CT molecular complexity index is 1220. The molecule has 39 heavy (non-hydrogen) atoms. The lowest BCUT2D eigenvalue weighted by atomic mass is 9.65. The molecular weight excluding hydrogens is 523 g/mol. The van der Waals surface area contributed by atoms with Crippen molar-refractivity contribution < 1.29 is 38.0 Å². The van der Waals surface area contributed by atoms with Crippen LogP contribution in [0.3, 0.4) is 0 Å². The van der Waals surface area contributed by atoms with Crippen LogP contribution in [-0.4, -0.2) is 68.2 Å². The maximum absolute atomic E-state index is 14.1. The quantitative estimate of drug-likeness (QED) is 0.163. The third-order valence-corrected chi connectivity index (χ3v) is 9.41. The number of imide groups is 1. The summed E-state index contributed by atoms with van der Waals surface area (Å²) in [5.74, 6) is -2.43. The topological polar surface area (TPSA) is 107 Å². The van der Waals surface area contributed by atoms with Crippen molar-refractivity contribution in [3.05, 3.63) is 53.1 Å². The van der Waals surface area contributed by atoms with E-state index in [-0.39, 0.29) is 32.0 Å². The van der Waals surface area contributed by atoms with Crippen molar-refractivity contribution in [1.29, 1.82) is 0 Å². The van der Waals surface area contributed by atoms with Crippen LogP contribution in [0, 0.1) is 17.8 Å². The third-order valence-electron chi connectivity index (χ3n) is 7.70. The van der Waals surface area contributed by atoms with Gasteiger partial charge in [-0.1, -0.05) is 25.7 Å². The highest BCUT2D eigenvalue weighted by Crippen LogP contribution is 2.53. The number of benzene rings is 1. The van der Waals surface area contributed by atoms with Gasteiger partial charge in [-0.15, -0.1) is 0 Å². The Morgan fingerprint density at radius 3 is 2.56 bits per heavy atom. The van der Waals surface area contributed by atoms with Crippen molar-refractivity contribution in [3.8, 4) is 11.5 Å². The number of hydrogen-bond acceptors (Lipinski definition) is 8. The zero-order valence-corrected chi connectivity index (χ0v) is 23.5. The number of fused-ring (bicyclic) bond motifs is 2. The van der Waals surface area contributed by atoms with Gasteiger partial charge in [0.15, 0.2) is 11.5 Å². The van der Waals surface area contributed by atoms with E-state index in [1.165, 1.54) is 17.2 Å². The summed E-state index contributed by atoms with van der Waals surface area (Å²) in [6.45, 7) is 7.32. The first-order valence-electron chi connectivity index (χ1n) is 13.4. The van der Waals surface area contributed by atoms with Crippen LogP contribution in [0.4, 0.5) is 4.39 Å². The molecule has 4 atom stereocenters. The second kappa shape index (κ2) is 11.3. The van der Waals surface area contributed by atoms with Gasteiger partial charge in [-0.05, 0) is 47.4 Å². The van der Waals surface area contributed by atoms with E-state index in [9.17, 15) is 19.1 Å². The molecule has 3 heterocycles. The van der Waals surface area contributed by atoms with E-state index in [0.717, 1.165) is 17.2 Å². The zero-order valence-electron chi connectivity index (χ0n) is 22.5. The smallest absolute Gasteiger partial charge is 0.233 e. The largest absolute Gasteiger partial charge is 0.454 e. The Morgan fingerprint density at radius 2 is 1.95 bits per heavy atom. The van der Waals surface area contributed by atoms with E-state index < -0.39 is 37.9 Å². The van der Waals surface area contributed by atoms with Crippen LogP contribution >= 0.6 is 0 Å². The fourth-order valence-electron chi connectivity index (χ4n) is 5.68. The normalized spacial score (nSPS) is 24.2. The lowest BCUT2D eigenvalue weighted by Gasteiger charge is -2.43. The maximum Gasteiger partial charge on any atom is 0.233 e. The van der Waals surface area contributed by atoms with E-state index >= 15 is 0 Å². The Balaban J connectivity index is 1.57. The van der Waals surface area contributed by atoms with Crippen molar-refractivity contribution in [1.82, 2.24) is 9.88 Å². The fraction of sp³-hybridized carbons (Fsp3) is 0.536. The van der Waals surface area contributed by atoms with Crippen LogP contribution < -0.4 is 9.47 Å². The molecule has 9 nitrogen and oxygen atoms in total. The fourth-order valence-corrected chi connectivity index (χ4v) is 6.43. The Labute approximate surface area is 228 Å². The van der Waals surface area contributed by atoms with Crippen LogP contribution in [0.25, 0.3) is 0 Å². The van der Waals surface area contributed by atoms with Gasteiger partial charge in [0.05, 0.1) is 12.0 Å². The van der Waals surface area contributed by atoms with Gasteiger partial charge in [0.2, 0.25) is 24.6 Å². The minimum atomic E-state index is -1.30. The van der Waals surface area contributed by atoms with Crippen LogP contribution in [-0.2, 0) is 19.1 Å². The molecule has 0 spiro atoms. The average molecular weight is 559 g/mol. The number of pyridine rings is 1. The van der Waals surface area contributed by atoms with Gasteiger partial charge in [-0.2, -0.15) is 4.39 Å². The molecule has 0 bridgehead atoms. The Kier molecular flexibility index (Phi) is 8.04. The van der Waals surface area contributed by atoms with Crippen LogP contribution in [0.5, 0.6) is 11.5 Å². The predicted octanol–water partition coefficient (Wildman–Crippen LogP) is 3.84. The molecule has 1 aliphatic carbocycles. The number of aliphatic hydroxyl groups excluding tert-OH is 1. The number of halogens is 1. The average Bonchev–Trinajstić information content (AvgIpc) is 3.54. The zero-order chi connectivity index (χ0) is 27.7. The molecule has 210 valence electrons. The molecule has 5 rings (SSSR count). The van der Waals surface area contributed by atoms with E-state index in [4.69, 9.17) is 18.9 Å². The molecule has 0 saturated carbocycles. The minimum Gasteiger partial charge on any atom is -0.454 e. The molecule has 1 saturated heterocycles. The van der Waals surface area contributed by atoms with Crippen molar-refractivity contribution in [3.63, 3.8) is 0 Å². The summed E-state index contributed by atoms with van der Waals surface area (Å²) in [6.07, 6.45) is 1.56. The second-order valence-corrected chi connectivity index (χ2v) is 17.1. The molecule has 11 heteroatoms. The van der Waals surface area contributed by atoms with Crippen LogP contribution in [0.2, 0.25) is 25.7 Å². The highest BCUT2D eigenvalue weighted by Gasteiger charge is 2.50. The highest BCUT2D eigenvalue weighted by molar-refractivity contribution is 6.76. The number of rotatable bonds is 9. The SMILES string of the molecule is C[Si](C)(C)CCOCO[C@H]1c2cc3c(cc2[C@@H](c2ccc(F)nc2)[C@H](C(=O)N2CCCC2=O)[C@@H]1CO)OCO3. The van der Waals surface area contributed by atoms with E-state index in [1.807, 2.05) is 12.1 Å². The second-order valence-electron chi connectivity index (χ2n) is 11.5. The van der Waals surface area contributed by atoms with Crippen molar-refractivity contribution >= 4 is 19.9 Å². The number of nitrogens with zero attached hydrogens (tertiary/aromatic N) is 2. The van der Waals surface area contributed by atoms with Gasteiger partial charge in [-0.25, -0.2) is 4.98 Å². The maximum atomic E-state index is 14.1. The number of likely N-dealkylation sites (tertiary alicyclic amines) is 1. The first kappa shape index (κ1) is 27.7. The van der Waals surface area contributed by atoms with E-state index in [2.05, 4.69) is 24.6 Å². The lowest BCUT2D eigenvalue weighted by Crippen LogP contribution is -2.48. The molecule has 2 amide bonds. The Hall–Kier alpha value is -2.86. The van der Waals surface area contributed by atoms with Crippen LogP contribution in [0.15, 0.2) is 30.5 Å². The standard InChI is InChI=1S/C28H35FN2O7Si/c1-39(2,3)10-9-35-15-38-27-19-12-22-21(36-16-37-22)11-18(19)25(17-6-7-23(29)30-13-17)26(20(27)14-32)28(34)31-8-4-5-24(31)33/h6-7,11-13,20,25-27,32H,4-5,8-10,14-16H2,1-3H3/t20-,25+,26+,27-/m0/s1. The summed E-state index contributed by atoms with van der Waals surface area (Å²) in [4.78, 5) is 31.8. The monoisotopic (exact) mass is 558 g/mol. The number of amides is 2. The summed E-state index contributed by atoms with van der Waals surface area (Å²) in [6, 6.07) is 7.43. The van der Waals surface area contributed by atoms with Gasteiger partial charge in [0.1, 0.15) is 6.79 Å². The lowest BCUT2D eigenvalue weighted by molar-refractivity contribution is -0.156. The van der Waals surface area contributed by atoms with Crippen molar-refractivity contribution in [2.24, 2.45) is 11.8 Å². The van der Waals surface area contributed by atoms with Crippen LogP contribution in [0.1, 0.15) is 41.6 Å². The number of carbonyl (C=O) groups excluding carboxylic acids is 2. The summed E-state index contributed by atoms with van der Waals surface area (Å²) in [5, 5.41) is 10.7. The van der Waals surface area contributed by atoms with E-state index in [1.54, 1.807) is 6.07 Å². The first-order valence-corrected chi connectivity index (χ1v) is 17.1. The third kappa shape index (κ3) is 5.72. The molecule has 1 fully saturated rings. The molecule has 1 aromatic carbocycles. The molecular formula is C28H35FN2O7Si. The molecule has 3 aliphatic rings. The van der Waals surface area contributed by atoms with Crippen molar-refractivity contribution in [2.45, 2.75) is 50.5 Å². The predicted molar refractivity (Wildman–Crippen MR) is 141 cm³/mol. The Morgan fingerprint density at radius 1 is 1.21 bits per heavy atom. The van der Waals surface area contributed by atoms with Gasteiger partial charge >= 0.3 is 0 Å². The minimum absolute atomic E-state index is 0.0220. The van der Waals surface area contributed by atoms with Gasteiger partial charge in [0, 0.05) is 52.3 Å². The van der Waals surface area contributed by atoms with Gasteiger partial charge in [0.25, 0.3) is 0 Å². The number of hydrogen-bond donors (Lipinski definition) is 1. The molecule has 0 radical (unpaired) electrons. The van der Waals surface area contributed by atoms with E-state index in [0.29, 0.717) is 43.1 Å². The molecule has 1 aromatic heterocycles. The number of ether oxygens (including phenoxy) is 4. The molecule has 0 unspecified atom stereocenters. The molecule has 2 aromatic rings.